The van der Waals surface area contributed by atoms with Crippen LogP contribution in [-0.4, -0.2) is 33.2 Å². The van der Waals surface area contributed by atoms with E-state index in [2.05, 4.69) is 12.2 Å². The lowest BCUT2D eigenvalue weighted by atomic mass is 9.48. The van der Waals surface area contributed by atoms with Gasteiger partial charge in [0, 0.05) is 6.04 Å². The summed E-state index contributed by atoms with van der Waals surface area (Å²) in [6.45, 7) is 1.82. The molecule has 156 valence electrons. The second-order valence-electron chi connectivity index (χ2n) is 9.50. The minimum absolute atomic E-state index is 0.0373. The lowest BCUT2D eigenvalue weighted by molar-refractivity contribution is -0.124. The molecule has 0 radical (unpaired) electrons. The Balaban J connectivity index is 1.48. The maximum Gasteiger partial charge on any atom is 0.241 e. The number of carbonyl (C=O) groups is 1. The molecule has 0 saturated heterocycles. The third kappa shape index (κ3) is 4.00. The zero-order valence-electron chi connectivity index (χ0n) is 17.1. The minimum Gasteiger partial charge on any atom is -0.352 e. The number of hydrogen-bond acceptors (Lipinski definition) is 4. The fourth-order valence-corrected chi connectivity index (χ4v) is 7.26. The number of nitrogens with one attached hydrogen (secondary N) is 1. The second-order valence-corrected chi connectivity index (χ2v) is 11.4. The predicted octanol–water partition coefficient (Wildman–Crippen LogP) is 3.05. The summed E-state index contributed by atoms with van der Waals surface area (Å²) < 4.78 is 25.8. The van der Waals surface area contributed by atoms with E-state index in [0.29, 0.717) is 11.3 Å². The Labute approximate surface area is 173 Å². The average Bonchev–Trinajstić information content (AvgIpc) is 2.64. The highest BCUT2D eigenvalue weighted by atomic mass is 32.2. The van der Waals surface area contributed by atoms with Gasteiger partial charge in [0.2, 0.25) is 15.9 Å². The van der Waals surface area contributed by atoms with E-state index in [1.165, 1.54) is 44.6 Å². The van der Waals surface area contributed by atoms with Gasteiger partial charge >= 0.3 is 0 Å². The molecule has 4 saturated carbocycles. The van der Waals surface area contributed by atoms with Crippen LogP contribution in [0.4, 0.5) is 5.69 Å². The lowest BCUT2D eigenvalue weighted by Crippen LogP contribution is -2.57. The maximum absolute atomic E-state index is 12.8. The van der Waals surface area contributed by atoms with Gasteiger partial charge in [-0.3, -0.25) is 9.10 Å². The molecule has 0 aromatic heterocycles. The number of carbonyl (C=O) groups excluding carboxylic acids is 1. The van der Waals surface area contributed by atoms with Crippen LogP contribution in [0.3, 0.4) is 0 Å². The fourth-order valence-electron chi connectivity index (χ4n) is 6.41. The second kappa shape index (κ2) is 7.32. The predicted molar refractivity (Wildman–Crippen MR) is 112 cm³/mol. The van der Waals surface area contributed by atoms with E-state index in [9.17, 15) is 13.2 Å². The van der Waals surface area contributed by atoms with Crippen molar-refractivity contribution in [1.29, 1.82) is 5.26 Å². The summed E-state index contributed by atoms with van der Waals surface area (Å²) >= 11 is 0. The van der Waals surface area contributed by atoms with Crippen LogP contribution < -0.4 is 9.62 Å². The molecule has 1 N–H and O–H groups in total. The Kier molecular flexibility index (Phi) is 5.10. The van der Waals surface area contributed by atoms with Crippen molar-refractivity contribution in [3.8, 4) is 6.07 Å². The molecule has 29 heavy (non-hydrogen) atoms. The Morgan fingerprint density at radius 1 is 1.24 bits per heavy atom. The smallest absolute Gasteiger partial charge is 0.241 e. The van der Waals surface area contributed by atoms with Crippen molar-refractivity contribution in [3.05, 3.63) is 29.8 Å². The standard InChI is InChI=1S/C22H29N3O3S/c1-15(22-10-17-6-18(11-22)8-19(7-17)12-22)24-21(26)14-25(29(2,27)28)20-5-3-4-16(9-20)13-23/h3-5,9,15,17-19H,6-8,10-12,14H2,1-2H3,(H,24,26)/t15-,17?,18?,19?,22?/m1/s1. The number of hydrogen-bond donors (Lipinski definition) is 1. The van der Waals surface area contributed by atoms with Crippen molar-refractivity contribution in [1.82, 2.24) is 5.32 Å². The van der Waals surface area contributed by atoms with Crippen LogP contribution in [0.5, 0.6) is 0 Å². The van der Waals surface area contributed by atoms with Crippen molar-refractivity contribution in [2.45, 2.75) is 51.5 Å². The summed E-state index contributed by atoms with van der Waals surface area (Å²) in [5.74, 6) is 2.09. The molecule has 5 rings (SSSR count). The molecule has 0 aliphatic heterocycles. The number of amides is 1. The van der Waals surface area contributed by atoms with E-state index < -0.39 is 10.0 Å². The molecular formula is C22H29N3O3S. The summed E-state index contributed by atoms with van der Waals surface area (Å²) in [4.78, 5) is 12.8. The van der Waals surface area contributed by atoms with Crippen LogP contribution in [0.15, 0.2) is 24.3 Å². The van der Waals surface area contributed by atoms with Gasteiger partial charge < -0.3 is 5.32 Å². The summed E-state index contributed by atoms with van der Waals surface area (Å²) in [5, 5.41) is 12.2. The number of sulfonamides is 1. The number of benzene rings is 1. The van der Waals surface area contributed by atoms with E-state index in [4.69, 9.17) is 5.26 Å². The Bertz CT molecular complexity index is 915. The van der Waals surface area contributed by atoms with Gasteiger partial charge in [-0.05, 0) is 86.8 Å². The van der Waals surface area contributed by atoms with Gasteiger partial charge in [0.15, 0.2) is 0 Å². The first-order valence-corrected chi connectivity index (χ1v) is 12.3. The van der Waals surface area contributed by atoms with Gasteiger partial charge in [-0.15, -0.1) is 0 Å². The number of anilines is 1. The van der Waals surface area contributed by atoms with Gasteiger partial charge in [0.1, 0.15) is 6.54 Å². The molecule has 1 atom stereocenters. The van der Waals surface area contributed by atoms with Crippen molar-refractivity contribution < 1.29 is 13.2 Å². The first-order valence-electron chi connectivity index (χ1n) is 10.5. The quantitative estimate of drug-likeness (QED) is 0.773. The zero-order chi connectivity index (χ0) is 20.8. The molecule has 1 amide bonds. The highest BCUT2D eigenvalue weighted by molar-refractivity contribution is 7.92. The minimum atomic E-state index is -3.66. The molecule has 6 nitrogen and oxygen atoms in total. The van der Waals surface area contributed by atoms with E-state index in [1.54, 1.807) is 18.2 Å². The molecule has 1 aromatic carbocycles. The average molecular weight is 416 g/mol. The van der Waals surface area contributed by atoms with Gasteiger partial charge in [0.05, 0.1) is 23.6 Å². The summed E-state index contributed by atoms with van der Waals surface area (Å²) in [7, 11) is -3.66. The normalized spacial score (nSPS) is 31.1. The van der Waals surface area contributed by atoms with E-state index >= 15 is 0 Å². The monoisotopic (exact) mass is 415 g/mol. The molecule has 0 unspecified atom stereocenters. The first-order chi connectivity index (χ1) is 13.7. The highest BCUT2D eigenvalue weighted by Crippen LogP contribution is 2.61. The van der Waals surface area contributed by atoms with Crippen LogP contribution in [0.2, 0.25) is 0 Å². The molecule has 4 aliphatic rings. The van der Waals surface area contributed by atoms with Crippen molar-refractivity contribution in [2.75, 3.05) is 17.1 Å². The van der Waals surface area contributed by atoms with Gasteiger partial charge in [0.25, 0.3) is 0 Å². The van der Waals surface area contributed by atoms with Crippen LogP contribution >= 0.6 is 0 Å². The molecule has 0 heterocycles. The number of nitriles is 1. The van der Waals surface area contributed by atoms with Crippen LogP contribution in [0, 0.1) is 34.5 Å². The number of nitrogens with zero attached hydrogens (tertiary/aromatic N) is 2. The number of rotatable bonds is 6. The summed E-state index contributed by atoms with van der Waals surface area (Å²) in [6, 6.07) is 8.39. The van der Waals surface area contributed by atoms with Gasteiger partial charge in [-0.2, -0.15) is 5.26 Å². The SMILES string of the molecule is C[C@@H](NC(=O)CN(c1cccc(C#N)c1)S(C)(=O)=O)C12CC3CC(CC(C3)C1)C2. The largest absolute Gasteiger partial charge is 0.352 e. The summed E-state index contributed by atoms with van der Waals surface area (Å²) in [6.07, 6.45) is 8.66. The van der Waals surface area contributed by atoms with Crippen LogP contribution in [0.25, 0.3) is 0 Å². The van der Waals surface area contributed by atoms with E-state index in [-0.39, 0.29) is 23.9 Å². The molecule has 0 spiro atoms. The fraction of sp³-hybridized carbons (Fsp3) is 0.636. The molecule has 1 aromatic rings. The Morgan fingerprint density at radius 2 is 1.83 bits per heavy atom. The molecule has 4 fully saturated rings. The van der Waals surface area contributed by atoms with Crippen molar-refractivity contribution >= 4 is 21.6 Å². The van der Waals surface area contributed by atoms with Gasteiger partial charge in [-0.25, -0.2) is 8.42 Å². The van der Waals surface area contributed by atoms with Crippen LogP contribution in [-0.2, 0) is 14.8 Å². The van der Waals surface area contributed by atoms with E-state index in [0.717, 1.165) is 28.3 Å². The molecule has 4 bridgehead atoms. The lowest BCUT2D eigenvalue weighted by Gasteiger charge is -2.59. The molecule has 7 heteroatoms. The summed E-state index contributed by atoms with van der Waals surface area (Å²) in [5.41, 5.74) is 0.865. The van der Waals surface area contributed by atoms with Crippen molar-refractivity contribution in [2.24, 2.45) is 23.2 Å². The maximum atomic E-state index is 12.8. The Hall–Kier alpha value is -2.07. The topological polar surface area (TPSA) is 90.3 Å². The van der Waals surface area contributed by atoms with Crippen molar-refractivity contribution in [3.63, 3.8) is 0 Å². The first kappa shape index (κ1) is 20.2. The van der Waals surface area contributed by atoms with Gasteiger partial charge in [-0.1, -0.05) is 6.07 Å². The van der Waals surface area contributed by atoms with E-state index in [1.807, 2.05) is 6.07 Å². The third-order valence-corrected chi connectivity index (χ3v) is 8.47. The van der Waals surface area contributed by atoms with Crippen LogP contribution in [0.1, 0.15) is 51.0 Å². The Morgan fingerprint density at radius 3 is 2.34 bits per heavy atom. The molecular weight excluding hydrogens is 386 g/mol. The zero-order valence-corrected chi connectivity index (χ0v) is 17.9. The molecule has 4 aliphatic carbocycles. The highest BCUT2D eigenvalue weighted by Gasteiger charge is 2.53. The third-order valence-electron chi connectivity index (χ3n) is 7.33.